The smallest absolute Gasteiger partial charge is 0.304 e. The van der Waals surface area contributed by atoms with Gasteiger partial charge in [0.2, 0.25) is 0 Å². The molecule has 6 heteroatoms. The number of benzene rings is 3. The van der Waals surface area contributed by atoms with Gasteiger partial charge in [-0.25, -0.2) is 0 Å². The van der Waals surface area contributed by atoms with Gasteiger partial charge in [0.1, 0.15) is 17.2 Å². The molecule has 1 unspecified atom stereocenters. The molecule has 0 radical (unpaired) electrons. The lowest BCUT2D eigenvalue weighted by atomic mass is 9.88. The fourth-order valence-corrected chi connectivity index (χ4v) is 3.67. The van der Waals surface area contributed by atoms with Gasteiger partial charge in [0.25, 0.3) is 0 Å². The Morgan fingerprint density at radius 2 is 1.44 bits per heavy atom. The summed E-state index contributed by atoms with van der Waals surface area (Å²) in [4.78, 5) is 12.3. The van der Waals surface area contributed by atoms with Crippen molar-refractivity contribution in [1.82, 2.24) is 0 Å². The second-order valence-electron chi connectivity index (χ2n) is 6.04. The van der Waals surface area contributed by atoms with Gasteiger partial charge in [-0.3, -0.25) is 4.79 Å². The van der Waals surface area contributed by atoms with Crippen molar-refractivity contribution >= 4 is 17.7 Å². The summed E-state index contributed by atoms with van der Waals surface area (Å²) in [6, 6.07) is 18.5. The van der Waals surface area contributed by atoms with Crippen molar-refractivity contribution in [2.24, 2.45) is 0 Å². The van der Waals surface area contributed by atoms with Gasteiger partial charge < -0.3 is 20.4 Å². The van der Waals surface area contributed by atoms with Crippen molar-refractivity contribution < 1.29 is 25.2 Å². The van der Waals surface area contributed by atoms with Crippen LogP contribution < -0.4 is 0 Å². The first-order valence-electron chi connectivity index (χ1n) is 8.23. The number of aliphatic carboxylic acids is 1. The van der Waals surface area contributed by atoms with E-state index in [2.05, 4.69) is 0 Å². The molecule has 0 aliphatic heterocycles. The monoisotopic (exact) mass is 382 g/mol. The predicted octanol–water partition coefficient (Wildman–Crippen LogP) is 4.56. The topological polar surface area (TPSA) is 98.0 Å². The third-order valence-electron chi connectivity index (χ3n) is 4.13. The number of hydrogen-bond acceptors (Lipinski definition) is 5. The average Bonchev–Trinajstić information content (AvgIpc) is 2.64. The van der Waals surface area contributed by atoms with Crippen LogP contribution in [-0.4, -0.2) is 26.4 Å². The zero-order valence-electron chi connectivity index (χ0n) is 14.2. The van der Waals surface area contributed by atoms with E-state index in [0.717, 1.165) is 17.3 Å². The maximum Gasteiger partial charge on any atom is 0.304 e. The van der Waals surface area contributed by atoms with E-state index in [1.54, 1.807) is 24.3 Å². The Balaban J connectivity index is 1.91. The predicted molar refractivity (Wildman–Crippen MR) is 103 cm³/mol. The number of aromatic hydroxyl groups is 3. The first-order chi connectivity index (χ1) is 12.9. The average molecular weight is 382 g/mol. The Bertz CT molecular complexity index is 956. The van der Waals surface area contributed by atoms with Gasteiger partial charge in [0, 0.05) is 12.0 Å². The lowest BCUT2D eigenvalue weighted by Gasteiger charge is -2.17. The standard InChI is InChI=1S/C21H18O5S/c22-15-7-9-20(18(24)11-15)27-19-8-6-14(10-17(19)23)16(12-21(25)26)13-4-2-1-3-5-13/h1-11,16,22-24H,12H2,(H,25,26). The Morgan fingerprint density at radius 3 is 2.04 bits per heavy atom. The van der Waals surface area contributed by atoms with Crippen LogP contribution in [0.3, 0.4) is 0 Å². The van der Waals surface area contributed by atoms with Crippen molar-refractivity contribution in [1.29, 1.82) is 0 Å². The molecule has 0 bridgehead atoms. The summed E-state index contributed by atoms with van der Waals surface area (Å²) in [7, 11) is 0. The van der Waals surface area contributed by atoms with Gasteiger partial charge in [-0.1, -0.05) is 48.2 Å². The van der Waals surface area contributed by atoms with E-state index in [-0.39, 0.29) is 29.6 Å². The van der Waals surface area contributed by atoms with Gasteiger partial charge in [-0.2, -0.15) is 0 Å². The summed E-state index contributed by atoms with van der Waals surface area (Å²) >= 11 is 1.15. The normalized spacial score (nSPS) is 11.9. The van der Waals surface area contributed by atoms with Crippen molar-refractivity contribution in [2.75, 3.05) is 0 Å². The van der Waals surface area contributed by atoms with Crippen LogP contribution in [0.2, 0.25) is 0 Å². The third kappa shape index (κ3) is 4.54. The first-order valence-corrected chi connectivity index (χ1v) is 9.05. The van der Waals surface area contributed by atoms with Crippen LogP contribution in [0.5, 0.6) is 17.2 Å². The van der Waals surface area contributed by atoms with E-state index in [1.165, 1.54) is 12.1 Å². The first kappa shape index (κ1) is 18.7. The van der Waals surface area contributed by atoms with Crippen LogP contribution in [0.15, 0.2) is 76.5 Å². The molecule has 0 aliphatic carbocycles. The van der Waals surface area contributed by atoms with Crippen LogP contribution in [0.1, 0.15) is 23.5 Å². The van der Waals surface area contributed by atoms with E-state index >= 15 is 0 Å². The Hall–Kier alpha value is -3.12. The fourth-order valence-electron chi connectivity index (χ4n) is 2.84. The van der Waals surface area contributed by atoms with Crippen molar-refractivity contribution in [3.05, 3.63) is 77.9 Å². The van der Waals surface area contributed by atoms with Gasteiger partial charge >= 0.3 is 5.97 Å². The molecule has 0 heterocycles. The number of phenols is 3. The number of phenolic OH excluding ortho intramolecular Hbond substituents is 3. The van der Waals surface area contributed by atoms with Crippen LogP contribution >= 0.6 is 11.8 Å². The third-order valence-corrected chi connectivity index (χ3v) is 5.26. The largest absolute Gasteiger partial charge is 0.508 e. The lowest BCUT2D eigenvalue weighted by Crippen LogP contribution is -2.08. The second kappa shape index (κ2) is 8.05. The second-order valence-corrected chi connectivity index (χ2v) is 7.13. The van der Waals surface area contributed by atoms with E-state index in [1.807, 2.05) is 30.3 Å². The summed E-state index contributed by atoms with van der Waals surface area (Å²) in [6.45, 7) is 0. The van der Waals surface area contributed by atoms with Gasteiger partial charge in [-0.15, -0.1) is 0 Å². The molecule has 0 aliphatic rings. The molecule has 3 rings (SSSR count). The maximum atomic E-state index is 11.3. The van der Waals surface area contributed by atoms with E-state index in [0.29, 0.717) is 15.4 Å². The quantitative estimate of drug-likeness (QED) is 0.499. The van der Waals surface area contributed by atoms with Crippen LogP contribution in [0.4, 0.5) is 0 Å². The van der Waals surface area contributed by atoms with Crippen molar-refractivity contribution in [3.8, 4) is 17.2 Å². The highest BCUT2D eigenvalue weighted by Crippen LogP contribution is 2.41. The molecule has 1 atom stereocenters. The molecule has 0 saturated heterocycles. The number of rotatable bonds is 6. The molecule has 4 N–H and O–H groups in total. The summed E-state index contributed by atoms with van der Waals surface area (Å²) in [6.07, 6.45) is -0.0886. The highest BCUT2D eigenvalue weighted by atomic mass is 32.2. The molecule has 3 aromatic rings. The molecule has 0 spiro atoms. The lowest BCUT2D eigenvalue weighted by molar-refractivity contribution is -0.137. The maximum absolute atomic E-state index is 11.3. The van der Waals surface area contributed by atoms with E-state index < -0.39 is 5.97 Å². The van der Waals surface area contributed by atoms with Crippen LogP contribution in [0, 0.1) is 0 Å². The molecule has 0 saturated carbocycles. The Labute approximate surface area is 160 Å². The molecule has 27 heavy (non-hydrogen) atoms. The number of hydrogen-bond donors (Lipinski definition) is 4. The number of carboxylic acid groups (broad SMARTS) is 1. The minimum atomic E-state index is -0.921. The van der Waals surface area contributed by atoms with Gasteiger partial charge in [0.05, 0.1) is 16.2 Å². The summed E-state index contributed by atoms with van der Waals surface area (Å²) < 4.78 is 0. The molecular formula is C21H18O5S. The Kier molecular flexibility index (Phi) is 5.57. The van der Waals surface area contributed by atoms with E-state index in [4.69, 9.17) is 0 Å². The molecule has 138 valence electrons. The summed E-state index contributed by atoms with van der Waals surface area (Å²) in [5.74, 6) is -1.44. The number of carboxylic acids is 1. The zero-order valence-corrected chi connectivity index (χ0v) is 15.1. The molecule has 0 amide bonds. The summed E-state index contributed by atoms with van der Waals surface area (Å²) in [5, 5.41) is 39.0. The minimum absolute atomic E-state index is 0.00343. The zero-order chi connectivity index (χ0) is 19.4. The van der Waals surface area contributed by atoms with Crippen molar-refractivity contribution in [3.63, 3.8) is 0 Å². The summed E-state index contributed by atoms with van der Waals surface area (Å²) in [5.41, 5.74) is 1.55. The number of carbonyl (C=O) groups is 1. The molecular weight excluding hydrogens is 364 g/mol. The van der Waals surface area contributed by atoms with Gasteiger partial charge in [0.15, 0.2) is 0 Å². The molecule has 0 aromatic heterocycles. The minimum Gasteiger partial charge on any atom is -0.508 e. The highest BCUT2D eigenvalue weighted by molar-refractivity contribution is 7.99. The van der Waals surface area contributed by atoms with Crippen molar-refractivity contribution in [2.45, 2.75) is 22.1 Å². The molecule has 5 nitrogen and oxygen atoms in total. The van der Waals surface area contributed by atoms with Crippen LogP contribution in [-0.2, 0) is 4.79 Å². The van der Waals surface area contributed by atoms with Crippen LogP contribution in [0.25, 0.3) is 0 Å². The Morgan fingerprint density at radius 1 is 0.815 bits per heavy atom. The highest BCUT2D eigenvalue weighted by Gasteiger charge is 2.19. The van der Waals surface area contributed by atoms with E-state index in [9.17, 15) is 25.2 Å². The van der Waals surface area contributed by atoms with Gasteiger partial charge in [-0.05, 0) is 35.4 Å². The SMILES string of the molecule is O=C(O)CC(c1ccccc1)c1ccc(Sc2ccc(O)cc2O)c(O)c1. The molecule has 3 aromatic carbocycles. The fraction of sp³-hybridized carbons (Fsp3) is 0.0952. The molecule has 0 fully saturated rings.